The SMILES string of the molecule is CC(CN(C)Cc1nc(-c2cc(Cl)ccc2Cl)cs1)C(=O)O. The van der Waals surface area contributed by atoms with Crippen molar-refractivity contribution in [1.82, 2.24) is 9.88 Å². The molecular weight excluding hydrogens is 343 g/mol. The lowest BCUT2D eigenvalue weighted by Gasteiger charge is -2.17. The molecule has 2 aromatic rings. The molecule has 0 aliphatic heterocycles. The third kappa shape index (κ3) is 4.43. The first-order valence-corrected chi connectivity index (χ1v) is 8.31. The van der Waals surface area contributed by atoms with Crippen molar-refractivity contribution < 1.29 is 9.90 Å². The summed E-state index contributed by atoms with van der Waals surface area (Å²) in [5.74, 6) is -1.20. The molecule has 0 saturated heterocycles. The van der Waals surface area contributed by atoms with Gasteiger partial charge in [-0.3, -0.25) is 9.69 Å². The average Bonchev–Trinajstić information content (AvgIpc) is 2.89. The fourth-order valence-electron chi connectivity index (χ4n) is 2.04. The maximum absolute atomic E-state index is 10.9. The summed E-state index contributed by atoms with van der Waals surface area (Å²) in [5.41, 5.74) is 1.59. The smallest absolute Gasteiger partial charge is 0.307 e. The molecule has 1 N–H and O–H groups in total. The summed E-state index contributed by atoms with van der Waals surface area (Å²) >= 11 is 13.7. The molecule has 0 bridgehead atoms. The van der Waals surface area contributed by atoms with Gasteiger partial charge in [0, 0.05) is 22.5 Å². The zero-order valence-electron chi connectivity index (χ0n) is 12.2. The molecule has 0 radical (unpaired) electrons. The van der Waals surface area contributed by atoms with Crippen LogP contribution in [0.15, 0.2) is 23.6 Å². The van der Waals surface area contributed by atoms with Crippen LogP contribution in [0, 0.1) is 5.92 Å². The second kappa shape index (κ2) is 7.42. The van der Waals surface area contributed by atoms with Crippen molar-refractivity contribution in [2.75, 3.05) is 13.6 Å². The van der Waals surface area contributed by atoms with Gasteiger partial charge in [-0.2, -0.15) is 0 Å². The Labute approximate surface area is 143 Å². The second-order valence-electron chi connectivity index (χ2n) is 5.19. The van der Waals surface area contributed by atoms with E-state index < -0.39 is 11.9 Å². The van der Waals surface area contributed by atoms with Crippen LogP contribution in [0.1, 0.15) is 11.9 Å². The lowest BCUT2D eigenvalue weighted by molar-refractivity contribution is -0.141. The Morgan fingerprint density at radius 1 is 1.45 bits per heavy atom. The van der Waals surface area contributed by atoms with Crippen molar-refractivity contribution in [3.63, 3.8) is 0 Å². The lowest BCUT2D eigenvalue weighted by atomic mass is 10.2. The van der Waals surface area contributed by atoms with Crippen LogP contribution in [-0.2, 0) is 11.3 Å². The van der Waals surface area contributed by atoms with Gasteiger partial charge >= 0.3 is 5.97 Å². The molecule has 2 rings (SSSR count). The van der Waals surface area contributed by atoms with E-state index in [0.29, 0.717) is 23.1 Å². The molecule has 1 aromatic carbocycles. The van der Waals surface area contributed by atoms with Crippen LogP contribution in [0.2, 0.25) is 10.0 Å². The Kier molecular flexibility index (Phi) is 5.81. The third-order valence-electron chi connectivity index (χ3n) is 3.17. The highest BCUT2D eigenvalue weighted by Crippen LogP contribution is 2.31. The number of nitrogens with zero attached hydrogens (tertiary/aromatic N) is 2. The van der Waals surface area contributed by atoms with E-state index in [1.54, 1.807) is 25.1 Å². The summed E-state index contributed by atoms with van der Waals surface area (Å²) in [4.78, 5) is 17.4. The molecule has 0 fully saturated rings. The zero-order chi connectivity index (χ0) is 16.3. The molecule has 7 heteroatoms. The van der Waals surface area contributed by atoms with Crippen LogP contribution in [0.5, 0.6) is 0 Å². The number of carboxylic acid groups (broad SMARTS) is 1. The largest absolute Gasteiger partial charge is 0.481 e. The van der Waals surface area contributed by atoms with Gasteiger partial charge in [0.1, 0.15) is 5.01 Å². The minimum atomic E-state index is -0.794. The van der Waals surface area contributed by atoms with E-state index in [2.05, 4.69) is 4.98 Å². The quantitative estimate of drug-likeness (QED) is 0.837. The van der Waals surface area contributed by atoms with Crippen molar-refractivity contribution >= 4 is 40.5 Å². The number of benzene rings is 1. The molecule has 1 heterocycles. The first kappa shape index (κ1) is 17.2. The number of aliphatic carboxylic acids is 1. The van der Waals surface area contributed by atoms with Crippen LogP contribution in [0.4, 0.5) is 0 Å². The van der Waals surface area contributed by atoms with E-state index >= 15 is 0 Å². The number of carboxylic acids is 1. The summed E-state index contributed by atoms with van der Waals surface area (Å²) in [6.45, 7) is 2.76. The van der Waals surface area contributed by atoms with Gasteiger partial charge in [0.25, 0.3) is 0 Å². The molecule has 0 aliphatic carbocycles. The van der Waals surface area contributed by atoms with E-state index in [1.807, 2.05) is 17.3 Å². The molecule has 118 valence electrons. The van der Waals surface area contributed by atoms with E-state index in [4.69, 9.17) is 28.3 Å². The predicted molar refractivity (Wildman–Crippen MR) is 90.7 cm³/mol. The zero-order valence-corrected chi connectivity index (χ0v) is 14.5. The lowest BCUT2D eigenvalue weighted by Crippen LogP contribution is -2.28. The van der Waals surface area contributed by atoms with Crippen molar-refractivity contribution in [1.29, 1.82) is 0 Å². The fraction of sp³-hybridized carbons (Fsp3) is 0.333. The molecule has 0 amide bonds. The fourth-order valence-corrected chi connectivity index (χ4v) is 3.30. The Morgan fingerprint density at radius 3 is 2.86 bits per heavy atom. The van der Waals surface area contributed by atoms with E-state index in [0.717, 1.165) is 16.3 Å². The monoisotopic (exact) mass is 358 g/mol. The summed E-state index contributed by atoms with van der Waals surface area (Å²) in [5, 5.41) is 13.0. The first-order valence-electron chi connectivity index (χ1n) is 6.68. The van der Waals surface area contributed by atoms with Crippen LogP contribution in [0.3, 0.4) is 0 Å². The number of aromatic nitrogens is 1. The topological polar surface area (TPSA) is 53.4 Å². The van der Waals surface area contributed by atoms with Crippen LogP contribution < -0.4 is 0 Å². The Morgan fingerprint density at radius 2 is 2.18 bits per heavy atom. The van der Waals surface area contributed by atoms with Crippen LogP contribution in [-0.4, -0.2) is 34.6 Å². The third-order valence-corrected chi connectivity index (χ3v) is 4.57. The predicted octanol–water partition coefficient (Wildman–Crippen LogP) is 4.27. The number of thiazole rings is 1. The van der Waals surface area contributed by atoms with Crippen LogP contribution in [0.25, 0.3) is 11.3 Å². The Balaban J connectivity index is 2.08. The Bertz CT molecular complexity index is 675. The molecule has 1 unspecified atom stereocenters. The molecule has 1 aromatic heterocycles. The Hall–Kier alpha value is -1.14. The molecule has 1 atom stereocenters. The minimum Gasteiger partial charge on any atom is -0.481 e. The van der Waals surface area contributed by atoms with Gasteiger partial charge in [0.05, 0.1) is 23.2 Å². The normalized spacial score (nSPS) is 12.6. The van der Waals surface area contributed by atoms with Gasteiger partial charge < -0.3 is 5.11 Å². The number of hydrogen-bond acceptors (Lipinski definition) is 4. The van der Waals surface area contributed by atoms with Crippen molar-refractivity contribution in [2.24, 2.45) is 5.92 Å². The number of hydrogen-bond donors (Lipinski definition) is 1. The molecular formula is C15H16Cl2N2O2S. The van der Waals surface area contributed by atoms with E-state index in [1.165, 1.54) is 11.3 Å². The molecule has 0 aliphatic rings. The minimum absolute atomic E-state index is 0.410. The van der Waals surface area contributed by atoms with Crippen molar-refractivity contribution in [3.05, 3.63) is 38.6 Å². The summed E-state index contributed by atoms with van der Waals surface area (Å²) in [6.07, 6.45) is 0. The van der Waals surface area contributed by atoms with Crippen molar-refractivity contribution in [3.8, 4) is 11.3 Å². The van der Waals surface area contributed by atoms with Gasteiger partial charge in [-0.05, 0) is 25.2 Å². The van der Waals surface area contributed by atoms with Crippen molar-refractivity contribution in [2.45, 2.75) is 13.5 Å². The highest BCUT2D eigenvalue weighted by atomic mass is 35.5. The van der Waals surface area contributed by atoms with E-state index in [9.17, 15) is 4.79 Å². The summed E-state index contributed by atoms with van der Waals surface area (Å²) in [6, 6.07) is 5.28. The highest BCUT2D eigenvalue weighted by molar-refractivity contribution is 7.09. The average molecular weight is 359 g/mol. The number of halogens is 2. The van der Waals surface area contributed by atoms with Gasteiger partial charge in [-0.1, -0.05) is 30.1 Å². The molecule has 0 spiro atoms. The highest BCUT2D eigenvalue weighted by Gasteiger charge is 2.15. The van der Waals surface area contributed by atoms with Gasteiger partial charge in [-0.15, -0.1) is 11.3 Å². The molecule has 0 saturated carbocycles. The van der Waals surface area contributed by atoms with E-state index in [-0.39, 0.29) is 0 Å². The number of carbonyl (C=O) groups is 1. The van der Waals surface area contributed by atoms with Crippen LogP contribution >= 0.6 is 34.5 Å². The van der Waals surface area contributed by atoms with Gasteiger partial charge in [0.2, 0.25) is 0 Å². The summed E-state index contributed by atoms with van der Waals surface area (Å²) in [7, 11) is 1.88. The number of rotatable bonds is 6. The second-order valence-corrected chi connectivity index (χ2v) is 6.97. The molecule has 22 heavy (non-hydrogen) atoms. The summed E-state index contributed by atoms with van der Waals surface area (Å²) < 4.78 is 0. The maximum Gasteiger partial charge on any atom is 0.307 e. The van der Waals surface area contributed by atoms with Gasteiger partial charge in [-0.25, -0.2) is 4.98 Å². The first-order chi connectivity index (χ1) is 10.4. The maximum atomic E-state index is 10.9. The standard InChI is InChI=1S/C15H16Cl2N2O2S/c1-9(15(20)21)6-19(2)7-14-18-13(8-22-14)11-5-10(16)3-4-12(11)17/h3-5,8-9H,6-7H2,1-2H3,(H,20,21). The molecule has 4 nitrogen and oxygen atoms in total. The van der Waals surface area contributed by atoms with Gasteiger partial charge in [0.15, 0.2) is 0 Å².